The molecule has 1 saturated carbocycles. The van der Waals surface area contributed by atoms with Crippen molar-refractivity contribution >= 4 is 11.8 Å². The van der Waals surface area contributed by atoms with Crippen molar-refractivity contribution in [3.8, 4) is 0 Å². The zero-order chi connectivity index (χ0) is 16.9. The highest BCUT2D eigenvalue weighted by atomic mass is 19.1. The summed E-state index contributed by atoms with van der Waals surface area (Å²) in [5, 5.41) is 3.04. The molecule has 1 aliphatic heterocycles. The Kier molecular flexibility index (Phi) is 5.48. The van der Waals surface area contributed by atoms with E-state index in [0.717, 1.165) is 31.2 Å². The van der Waals surface area contributed by atoms with Gasteiger partial charge in [0.05, 0.1) is 0 Å². The molecule has 4 nitrogen and oxygen atoms in total. The quantitative estimate of drug-likeness (QED) is 0.901. The van der Waals surface area contributed by atoms with Crippen molar-refractivity contribution in [3.63, 3.8) is 0 Å². The highest BCUT2D eigenvalue weighted by Gasteiger charge is 2.30. The summed E-state index contributed by atoms with van der Waals surface area (Å²) in [7, 11) is 0. The lowest BCUT2D eigenvalue weighted by Gasteiger charge is -2.22. The van der Waals surface area contributed by atoms with Gasteiger partial charge < -0.3 is 10.2 Å². The lowest BCUT2D eigenvalue weighted by atomic mass is 9.88. The Labute approximate surface area is 142 Å². The number of carbonyl (C=O) groups excluding carboxylic acids is 2. The van der Waals surface area contributed by atoms with E-state index in [2.05, 4.69) is 5.32 Å². The molecular weight excluding hydrogens is 307 g/mol. The minimum absolute atomic E-state index is 0.108. The van der Waals surface area contributed by atoms with Crippen LogP contribution in [-0.4, -0.2) is 29.8 Å². The van der Waals surface area contributed by atoms with Crippen molar-refractivity contribution in [2.45, 2.75) is 45.1 Å². The largest absolute Gasteiger partial charge is 0.356 e. The minimum Gasteiger partial charge on any atom is -0.356 e. The van der Waals surface area contributed by atoms with E-state index in [4.69, 9.17) is 0 Å². The van der Waals surface area contributed by atoms with Gasteiger partial charge in [-0.05, 0) is 30.5 Å². The van der Waals surface area contributed by atoms with Crippen LogP contribution in [0.15, 0.2) is 24.3 Å². The maximum absolute atomic E-state index is 12.9. The first-order valence-corrected chi connectivity index (χ1v) is 8.92. The van der Waals surface area contributed by atoms with Crippen LogP contribution in [0.4, 0.5) is 4.39 Å². The number of rotatable bonds is 5. The maximum atomic E-state index is 12.9. The van der Waals surface area contributed by atoms with Crippen molar-refractivity contribution < 1.29 is 14.0 Å². The number of benzene rings is 1. The molecule has 1 aliphatic carbocycles. The number of nitrogens with one attached hydrogen (secondary N) is 1. The van der Waals surface area contributed by atoms with Crippen LogP contribution in [0.3, 0.4) is 0 Å². The van der Waals surface area contributed by atoms with E-state index in [1.165, 1.54) is 18.6 Å². The van der Waals surface area contributed by atoms with E-state index in [1.807, 2.05) is 0 Å². The van der Waals surface area contributed by atoms with Gasteiger partial charge in [0, 0.05) is 37.9 Å². The molecule has 1 saturated heterocycles. The first-order chi connectivity index (χ1) is 11.6. The van der Waals surface area contributed by atoms with Crippen molar-refractivity contribution in [1.29, 1.82) is 0 Å². The molecule has 0 spiro atoms. The SMILES string of the molecule is O=C(NCC1CC(=O)N(Cc2ccc(F)cc2)C1)C1CCCCC1. The Morgan fingerprint density at radius 2 is 1.88 bits per heavy atom. The summed E-state index contributed by atoms with van der Waals surface area (Å²) in [5.41, 5.74) is 0.927. The Morgan fingerprint density at radius 1 is 1.17 bits per heavy atom. The van der Waals surface area contributed by atoms with Crippen LogP contribution in [0.25, 0.3) is 0 Å². The third-order valence-corrected chi connectivity index (χ3v) is 5.12. The third kappa shape index (κ3) is 4.34. The molecule has 3 rings (SSSR count). The summed E-state index contributed by atoms with van der Waals surface area (Å²) in [6, 6.07) is 6.25. The van der Waals surface area contributed by atoms with Crippen LogP contribution < -0.4 is 5.32 Å². The Bertz CT molecular complexity index is 582. The van der Waals surface area contributed by atoms with Gasteiger partial charge in [-0.25, -0.2) is 4.39 Å². The van der Waals surface area contributed by atoms with E-state index in [9.17, 15) is 14.0 Å². The summed E-state index contributed by atoms with van der Waals surface area (Å²) in [4.78, 5) is 26.1. The molecule has 0 bridgehead atoms. The fourth-order valence-corrected chi connectivity index (χ4v) is 3.71. The topological polar surface area (TPSA) is 49.4 Å². The highest BCUT2D eigenvalue weighted by molar-refractivity contribution is 5.80. The van der Waals surface area contributed by atoms with E-state index in [1.54, 1.807) is 17.0 Å². The maximum Gasteiger partial charge on any atom is 0.223 e. The standard InChI is InChI=1S/C19H25FN2O2/c20-17-8-6-14(7-9-17)12-22-13-15(10-18(22)23)11-21-19(24)16-4-2-1-3-5-16/h6-9,15-16H,1-5,10-13H2,(H,21,24). The van der Waals surface area contributed by atoms with Crippen molar-refractivity contribution in [1.82, 2.24) is 10.2 Å². The molecule has 0 aromatic heterocycles. The monoisotopic (exact) mass is 332 g/mol. The van der Waals surface area contributed by atoms with E-state index in [0.29, 0.717) is 26.1 Å². The van der Waals surface area contributed by atoms with E-state index in [-0.39, 0.29) is 29.5 Å². The zero-order valence-corrected chi connectivity index (χ0v) is 14.0. The fraction of sp³-hybridized carbons (Fsp3) is 0.579. The number of halogens is 1. The third-order valence-electron chi connectivity index (χ3n) is 5.12. The van der Waals surface area contributed by atoms with Gasteiger partial charge in [0.15, 0.2) is 0 Å². The molecule has 1 N–H and O–H groups in total. The summed E-state index contributed by atoms with van der Waals surface area (Å²) >= 11 is 0. The second kappa shape index (κ2) is 7.77. The summed E-state index contributed by atoms with van der Waals surface area (Å²) in [6.07, 6.45) is 5.99. The number of hydrogen-bond donors (Lipinski definition) is 1. The number of carbonyl (C=O) groups is 2. The van der Waals surface area contributed by atoms with Gasteiger partial charge in [0.25, 0.3) is 0 Å². The lowest BCUT2D eigenvalue weighted by Crippen LogP contribution is -2.36. The van der Waals surface area contributed by atoms with Crippen LogP contribution in [0.2, 0.25) is 0 Å². The molecular formula is C19H25FN2O2. The van der Waals surface area contributed by atoms with Gasteiger partial charge in [-0.15, -0.1) is 0 Å². The Hall–Kier alpha value is -1.91. The van der Waals surface area contributed by atoms with Gasteiger partial charge in [0.2, 0.25) is 11.8 Å². The Morgan fingerprint density at radius 3 is 2.58 bits per heavy atom. The molecule has 1 aromatic carbocycles. The minimum atomic E-state index is -0.269. The smallest absolute Gasteiger partial charge is 0.223 e. The van der Waals surface area contributed by atoms with Crippen LogP contribution in [0.5, 0.6) is 0 Å². The predicted molar refractivity (Wildman–Crippen MR) is 89.5 cm³/mol. The molecule has 1 unspecified atom stereocenters. The number of likely N-dealkylation sites (tertiary alicyclic amines) is 1. The first-order valence-electron chi connectivity index (χ1n) is 8.92. The molecule has 2 aliphatic rings. The zero-order valence-electron chi connectivity index (χ0n) is 14.0. The normalized spacial score (nSPS) is 22.0. The molecule has 0 radical (unpaired) electrons. The van der Waals surface area contributed by atoms with Crippen molar-refractivity contribution in [2.75, 3.05) is 13.1 Å². The van der Waals surface area contributed by atoms with Gasteiger partial charge in [-0.3, -0.25) is 9.59 Å². The average molecular weight is 332 g/mol. The van der Waals surface area contributed by atoms with Crippen LogP contribution in [0.1, 0.15) is 44.1 Å². The summed E-state index contributed by atoms with van der Waals surface area (Å²) < 4.78 is 12.9. The molecule has 1 aromatic rings. The molecule has 1 heterocycles. The Balaban J connectivity index is 1.45. The lowest BCUT2D eigenvalue weighted by molar-refractivity contribution is -0.128. The second-order valence-electron chi connectivity index (χ2n) is 7.05. The van der Waals surface area contributed by atoms with Crippen LogP contribution in [0, 0.1) is 17.7 Å². The van der Waals surface area contributed by atoms with E-state index < -0.39 is 0 Å². The molecule has 2 amide bonds. The molecule has 130 valence electrons. The molecule has 1 atom stereocenters. The first kappa shape index (κ1) is 16.9. The molecule has 2 fully saturated rings. The van der Waals surface area contributed by atoms with Crippen molar-refractivity contribution in [3.05, 3.63) is 35.6 Å². The molecule has 24 heavy (non-hydrogen) atoms. The summed E-state index contributed by atoms with van der Waals surface area (Å²) in [5.74, 6) is 0.321. The van der Waals surface area contributed by atoms with Gasteiger partial charge >= 0.3 is 0 Å². The van der Waals surface area contributed by atoms with Gasteiger partial charge in [-0.1, -0.05) is 31.4 Å². The van der Waals surface area contributed by atoms with E-state index >= 15 is 0 Å². The average Bonchev–Trinajstić information content (AvgIpc) is 2.95. The fourth-order valence-electron chi connectivity index (χ4n) is 3.71. The second-order valence-corrected chi connectivity index (χ2v) is 7.05. The van der Waals surface area contributed by atoms with Crippen molar-refractivity contribution in [2.24, 2.45) is 11.8 Å². The van der Waals surface area contributed by atoms with Gasteiger partial charge in [-0.2, -0.15) is 0 Å². The summed E-state index contributed by atoms with van der Waals surface area (Å²) in [6.45, 7) is 1.73. The highest BCUT2D eigenvalue weighted by Crippen LogP contribution is 2.24. The van der Waals surface area contributed by atoms with Crippen LogP contribution >= 0.6 is 0 Å². The predicted octanol–water partition coefficient (Wildman–Crippen LogP) is 2.87. The van der Waals surface area contributed by atoms with Crippen LogP contribution in [-0.2, 0) is 16.1 Å². The number of amides is 2. The number of nitrogens with zero attached hydrogens (tertiary/aromatic N) is 1. The number of hydrogen-bond acceptors (Lipinski definition) is 2. The molecule has 5 heteroatoms. The van der Waals surface area contributed by atoms with Gasteiger partial charge in [0.1, 0.15) is 5.82 Å².